The standard InChI is InChI=1S/C17H28N4.HI/c1-17(2,3)20-16(18-4)19-12-13-8-9-15-14(11-13)7-6-10-21(15)5;/h8-9,11H,6-7,10,12H2,1-5H3,(H2,18,19,20);1H. The Kier molecular flexibility index (Phi) is 6.97. The minimum atomic E-state index is 0. The Morgan fingerprint density at radius 3 is 2.68 bits per heavy atom. The molecule has 0 aliphatic carbocycles. The molecule has 2 rings (SSSR count). The quantitative estimate of drug-likeness (QED) is 0.442. The average Bonchev–Trinajstić information content (AvgIpc) is 2.42. The monoisotopic (exact) mass is 416 g/mol. The van der Waals surface area contributed by atoms with E-state index in [1.54, 1.807) is 0 Å². The Labute approximate surface area is 151 Å². The molecule has 1 aliphatic rings. The first kappa shape index (κ1) is 19.1. The molecule has 0 unspecified atom stereocenters. The van der Waals surface area contributed by atoms with E-state index in [0.29, 0.717) is 0 Å². The third-order valence-corrected chi connectivity index (χ3v) is 3.67. The maximum Gasteiger partial charge on any atom is 0.191 e. The van der Waals surface area contributed by atoms with Gasteiger partial charge in [0.05, 0.1) is 0 Å². The molecule has 4 nitrogen and oxygen atoms in total. The molecule has 5 heteroatoms. The van der Waals surface area contributed by atoms with Crippen molar-refractivity contribution in [1.29, 1.82) is 0 Å². The van der Waals surface area contributed by atoms with E-state index in [0.717, 1.165) is 19.0 Å². The number of aliphatic imine (C=N–C) groups is 1. The summed E-state index contributed by atoms with van der Waals surface area (Å²) in [6.07, 6.45) is 2.43. The number of aryl methyl sites for hydroxylation is 1. The zero-order valence-corrected chi connectivity index (χ0v) is 16.7. The molecule has 1 aliphatic heterocycles. The molecule has 0 saturated heterocycles. The van der Waals surface area contributed by atoms with Gasteiger partial charge < -0.3 is 15.5 Å². The highest BCUT2D eigenvalue weighted by molar-refractivity contribution is 14.0. The third kappa shape index (κ3) is 5.34. The van der Waals surface area contributed by atoms with Crippen molar-refractivity contribution in [2.24, 2.45) is 4.99 Å². The van der Waals surface area contributed by atoms with E-state index in [4.69, 9.17) is 0 Å². The van der Waals surface area contributed by atoms with Crippen molar-refractivity contribution in [2.75, 3.05) is 25.5 Å². The first-order valence-corrected chi connectivity index (χ1v) is 7.71. The maximum absolute atomic E-state index is 4.27. The second-order valence-electron chi connectivity index (χ2n) is 6.79. The van der Waals surface area contributed by atoms with E-state index in [1.165, 1.54) is 29.7 Å². The van der Waals surface area contributed by atoms with Gasteiger partial charge in [0.1, 0.15) is 0 Å². The van der Waals surface area contributed by atoms with Gasteiger partial charge in [-0.15, -0.1) is 24.0 Å². The fourth-order valence-corrected chi connectivity index (χ4v) is 2.67. The highest BCUT2D eigenvalue weighted by atomic mass is 127. The van der Waals surface area contributed by atoms with Crippen molar-refractivity contribution in [3.63, 3.8) is 0 Å². The van der Waals surface area contributed by atoms with Crippen LogP contribution in [0.3, 0.4) is 0 Å². The lowest BCUT2D eigenvalue weighted by Gasteiger charge is -2.28. The number of hydrogen-bond acceptors (Lipinski definition) is 2. The Hall–Kier alpha value is -0.980. The van der Waals surface area contributed by atoms with Crippen molar-refractivity contribution in [3.8, 4) is 0 Å². The molecule has 0 aromatic heterocycles. The lowest BCUT2D eigenvalue weighted by Crippen LogP contribution is -2.47. The summed E-state index contributed by atoms with van der Waals surface area (Å²) in [4.78, 5) is 6.62. The zero-order valence-electron chi connectivity index (χ0n) is 14.4. The van der Waals surface area contributed by atoms with Gasteiger partial charge in [-0.3, -0.25) is 4.99 Å². The molecule has 0 bridgehead atoms. The smallest absolute Gasteiger partial charge is 0.191 e. The molecular weight excluding hydrogens is 387 g/mol. The van der Waals surface area contributed by atoms with Crippen LogP contribution in [0.15, 0.2) is 23.2 Å². The molecule has 2 N–H and O–H groups in total. The van der Waals surface area contributed by atoms with Crippen LogP contribution in [-0.4, -0.2) is 32.1 Å². The Morgan fingerprint density at radius 1 is 1.32 bits per heavy atom. The molecule has 0 amide bonds. The summed E-state index contributed by atoms with van der Waals surface area (Å²) in [5.74, 6) is 0.845. The first-order valence-electron chi connectivity index (χ1n) is 7.71. The van der Waals surface area contributed by atoms with Gasteiger partial charge in [0.15, 0.2) is 5.96 Å². The predicted molar refractivity (Wildman–Crippen MR) is 107 cm³/mol. The zero-order chi connectivity index (χ0) is 15.5. The highest BCUT2D eigenvalue weighted by Gasteiger charge is 2.14. The molecule has 0 fully saturated rings. The fourth-order valence-electron chi connectivity index (χ4n) is 2.67. The number of anilines is 1. The van der Waals surface area contributed by atoms with Gasteiger partial charge in [-0.1, -0.05) is 12.1 Å². The Balaban J connectivity index is 0.00000242. The first-order chi connectivity index (χ1) is 9.89. The minimum absolute atomic E-state index is 0. The van der Waals surface area contributed by atoms with Crippen LogP contribution in [0.5, 0.6) is 0 Å². The number of rotatable bonds is 2. The van der Waals surface area contributed by atoms with Gasteiger partial charge in [-0.05, 0) is 50.8 Å². The number of halogens is 1. The predicted octanol–water partition coefficient (Wildman–Crippen LogP) is 3.15. The van der Waals surface area contributed by atoms with E-state index in [-0.39, 0.29) is 29.5 Å². The molecule has 0 radical (unpaired) electrons. The number of benzene rings is 1. The summed E-state index contributed by atoms with van der Waals surface area (Å²) in [6, 6.07) is 6.77. The van der Waals surface area contributed by atoms with Crippen molar-refractivity contribution in [1.82, 2.24) is 10.6 Å². The van der Waals surface area contributed by atoms with Crippen LogP contribution in [0.1, 0.15) is 38.3 Å². The van der Waals surface area contributed by atoms with Gasteiger partial charge in [0, 0.05) is 38.4 Å². The molecule has 0 atom stereocenters. The minimum Gasteiger partial charge on any atom is -0.374 e. The number of nitrogens with zero attached hydrogens (tertiary/aromatic N) is 2. The van der Waals surface area contributed by atoms with Crippen molar-refractivity contribution < 1.29 is 0 Å². The maximum atomic E-state index is 4.27. The molecule has 0 saturated carbocycles. The number of fused-ring (bicyclic) bond motifs is 1. The molecule has 1 aromatic carbocycles. The normalized spacial score (nSPS) is 15.0. The van der Waals surface area contributed by atoms with Crippen LogP contribution >= 0.6 is 24.0 Å². The van der Waals surface area contributed by atoms with Crippen LogP contribution < -0.4 is 15.5 Å². The summed E-state index contributed by atoms with van der Waals surface area (Å²) >= 11 is 0. The summed E-state index contributed by atoms with van der Waals surface area (Å²) in [7, 11) is 3.98. The molecule has 22 heavy (non-hydrogen) atoms. The van der Waals surface area contributed by atoms with Crippen LogP contribution in [0.2, 0.25) is 0 Å². The van der Waals surface area contributed by atoms with Crippen molar-refractivity contribution >= 4 is 35.6 Å². The second-order valence-corrected chi connectivity index (χ2v) is 6.79. The summed E-state index contributed by atoms with van der Waals surface area (Å²) < 4.78 is 0. The van der Waals surface area contributed by atoms with Gasteiger partial charge in [-0.25, -0.2) is 0 Å². The topological polar surface area (TPSA) is 39.7 Å². The van der Waals surface area contributed by atoms with E-state index in [2.05, 4.69) is 66.5 Å². The van der Waals surface area contributed by atoms with E-state index >= 15 is 0 Å². The lowest BCUT2D eigenvalue weighted by atomic mass is 9.99. The van der Waals surface area contributed by atoms with Gasteiger partial charge in [0.2, 0.25) is 0 Å². The fraction of sp³-hybridized carbons (Fsp3) is 0.588. The van der Waals surface area contributed by atoms with E-state index < -0.39 is 0 Å². The number of hydrogen-bond donors (Lipinski definition) is 2. The van der Waals surface area contributed by atoms with Crippen LogP contribution in [0, 0.1) is 0 Å². The van der Waals surface area contributed by atoms with E-state index in [1.807, 2.05) is 7.05 Å². The third-order valence-electron chi connectivity index (χ3n) is 3.67. The Morgan fingerprint density at radius 2 is 2.05 bits per heavy atom. The summed E-state index contributed by atoms with van der Waals surface area (Å²) in [5, 5.41) is 6.76. The number of nitrogens with one attached hydrogen (secondary N) is 2. The molecule has 0 spiro atoms. The van der Waals surface area contributed by atoms with Crippen molar-refractivity contribution in [2.45, 2.75) is 45.7 Å². The van der Waals surface area contributed by atoms with Gasteiger partial charge >= 0.3 is 0 Å². The van der Waals surface area contributed by atoms with Crippen LogP contribution in [0.4, 0.5) is 5.69 Å². The SMILES string of the molecule is CN=C(NCc1ccc2c(c1)CCCN2C)NC(C)(C)C.I. The van der Waals surface area contributed by atoms with Crippen LogP contribution in [-0.2, 0) is 13.0 Å². The second kappa shape index (κ2) is 8.04. The average molecular weight is 416 g/mol. The number of guanidine groups is 1. The molecule has 1 aromatic rings. The molecule has 1 heterocycles. The largest absolute Gasteiger partial charge is 0.374 e. The lowest BCUT2D eigenvalue weighted by molar-refractivity contribution is 0.501. The highest BCUT2D eigenvalue weighted by Crippen LogP contribution is 2.26. The van der Waals surface area contributed by atoms with Gasteiger partial charge in [-0.2, -0.15) is 0 Å². The summed E-state index contributed by atoms with van der Waals surface area (Å²) in [6.45, 7) is 8.36. The Bertz CT molecular complexity index is 520. The van der Waals surface area contributed by atoms with Gasteiger partial charge in [0.25, 0.3) is 0 Å². The van der Waals surface area contributed by atoms with Crippen molar-refractivity contribution in [3.05, 3.63) is 29.3 Å². The molecular formula is C17H29IN4. The van der Waals surface area contributed by atoms with Crippen LogP contribution in [0.25, 0.3) is 0 Å². The van der Waals surface area contributed by atoms with E-state index in [9.17, 15) is 0 Å². The summed E-state index contributed by atoms with van der Waals surface area (Å²) in [5.41, 5.74) is 4.16. The molecule has 124 valence electrons.